The van der Waals surface area contributed by atoms with Crippen molar-refractivity contribution < 1.29 is 0 Å². The van der Waals surface area contributed by atoms with Crippen molar-refractivity contribution in [1.82, 2.24) is 0 Å². The van der Waals surface area contributed by atoms with Crippen LogP contribution in [0.1, 0.15) is 0 Å². The maximum atomic E-state index is 7.13. The summed E-state index contributed by atoms with van der Waals surface area (Å²) in [6, 6.07) is 4.03. The minimum absolute atomic E-state index is 1.20. The molecule has 4 heteroatoms. The number of nitrogens with zero attached hydrogens (tertiary/aromatic N) is 1. The molecule has 9 heavy (non-hydrogen) atoms. The molecule has 0 aliphatic heterocycles. The average molecular weight is 221 g/mol. The number of rotatable bonds is 0. The second-order valence-corrected chi connectivity index (χ2v) is 3.52. The van der Waals surface area contributed by atoms with Gasteiger partial charge in [-0.3, -0.25) is 0 Å². The van der Waals surface area contributed by atoms with Crippen molar-refractivity contribution in [2.24, 2.45) is 0 Å². The van der Waals surface area contributed by atoms with Crippen LogP contribution in [0.3, 0.4) is 0 Å². The third-order valence-corrected chi connectivity index (χ3v) is 1.97. The fraction of sp³-hybridized carbons (Fsp3) is 0. The lowest BCUT2D eigenvalue weighted by Crippen LogP contribution is -1.29. The minimum atomic E-state index is 1.20. The van der Waals surface area contributed by atoms with E-state index in [9.17, 15) is 0 Å². The SMILES string of the molecule is Brc1cccs1.N#C[S-]. The summed E-state index contributed by atoms with van der Waals surface area (Å²) in [7, 11) is 0. The molecule has 0 saturated heterocycles. The Hall–Kier alpha value is -0.110. The summed E-state index contributed by atoms with van der Waals surface area (Å²) < 4.78 is 1.20. The third kappa shape index (κ3) is 5.77. The molecular formula is C5H3BrNS2-. The van der Waals surface area contributed by atoms with Gasteiger partial charge in [0.2, 0.25) is 0 Å². The van der Waals surface area contributed by atoms with Crippen LogP contribution in [0.15, 0.2) is 21.3 Å². The van der Waals surface area contributed by atoms with Crippen molar-refractivity contribution in [3.63, 3.8) is 0 Å². The zero-order valence-corrected chi connectivity index (χ0v) is 7.59. The smallest absolute Gasteiger partial charge is 0.0698 e. The van der Waals surface area contributed by atoms with Gasteiger partial charge in [-0.1, -0.05) is 11.5 Å². The van der Waals surface area contributed by atoms with Crippen LogP contribution in [0, 0.1) is 10.7 Å². The quantitative estimate of drug-likeness (QED) is 0.496. The topological polar surface area (TPSA) is 23.8 Å². The number of hydrogen-bond acceptors (Lipinski definition) is 3. The summed E-state index contributed by atoms with van der Waals surface area (Å²) in [4.78, 5) is 0. The van der Waals surface area contributed by atoms with Gasteiger partial charge in [-0.2, -0.15) is 0 Å². The van der Waals surface area contributed by atoms with Gasteiger partial charge in [-0.05, 0) is 27.4 Å². The molecule has 0 atom stereocenters. The molecular weight excluding hydrogens is 218 g/mol. The monoisotopic (exact) mass is 220 g/mol. The van der Waals surface area contributed by atoms with Crippen molar-refractivity contribution in [1.29, 1.82) is 5.26 Å². The Kier molecular flexibility index (Phi) is 5.94. The molecule has 0 saturated carbocycles. The van der Waals surface area contributed by atoms with E-state index in [2.05, 4.69) is 28.6 Å². The predicted octanol–water partition coefficient (Wildman–Crippen LogP) is 2.52. The van der Waals surface area contributed by atoms with E-state index >= 15 is 0 Å². The minimum Gasteiger partial charge on any atom is -0.696 e. The number of thiocyanates is 1. The lowest BCUT2D eigenvalue weighted by Gasteiger charge is -1.62. The van der Waals surface area contributed by atoms with Crippen molar-refractivity contribution in [2.75, 3.05) is 0 Å². The second-order valence-electron chi connectivity index (χ2n) is 1.01. The highest BCUT2D eigenvalue weighted by molar-refractivity contribution is 9.11. The standard InChI is InChI=1S/C4H3BrS.CHNS/c5-4-2-1-3-6-4;2-1-3/h1-3H;3H/p-1. The van der Waals surface area contributed by atoms with Crippen LogP contribution in [0.5, 0.6) is 0 Å². The second kappa shape index (κ2) is 6.02. The fourth-order valence-electron chi connectivity index (χ4n) is 0.259. The molecule has 0 N–H and O–H groups in total. The summed E-state index contributed by atoms with van der Waals surface area (Å²) >= 11 is 8.69. The maximum absolute atomic E-state index is 7.13. The van der Waals surface area contributed by atoms with Gasteiger partial charge in [0, 0.05) is 0 Å². The Morgan fingerprint density at radius 2 is 2.33 bits per heavy atom. The summed E-state index contributed by atoms with van der Waals surface area (Å²) in [5.41, 5.74) is 0. The molecule has 0 bridgehead atoms. The Morgan fingerprint density at radius 3 is 2.44 bits per heavy atom. The molecule has 1 rings (SSSR count). The number of hydrogen-bond donors (Lipinski definition) is 0. The van der Waals surface area contributed by atoms with E-state index in [-0.39, 0.29) is 0 Å². The van der Waals surface area contributed by atoms with Gasteiger partial charge in [0.25, 0.3) is 0 Å². The first-order chi connectivity index (χ1) is 4.31. The number of nitriles is 1. The van der Waals surface area contributed by atoms with Crippen LogP contribution in [0.25, 0.3) is 0 Å². The van der Waals surface area contributed by atoms with Gasteiger partial charge in [-0.25, -0.2) is 5.26 Å². The fourth-order valence-corrected chi connectivity index (χ4v) is 1.18. The van der Waals surface area contributed by atoms with Gasteiger partial charge in [0.15, 0.2) is 0 Å². The largest absolute Gasteiger partial charge is 0.696 e. The highest BCUT2D eigenvalue weighted by Crippen LogP contribution is 2.14. The van der Waals surface area contributed by atoms with E-state index in [1.54, 1.807) is 11.3 Å². The first-order valence-electron chi connectivity index (χ1n) is 2.01. The zero-order chi connectivity index (χ0) is 7.11. The molecule has 1 aromatic heterocycles. The molecule has 0 radical (unpaired) electrons. The summed E-state index contributed by atoms with van der Waals surface area (Å²) in [6.45, 7) is 0. The lowest BCUT2D eigenvalue weighted by atomic mass is 10.7. The van der Waals surface area contributed by atoms with E-state index in [1.807, 2.05) is 17.5 Å². The molecule has 1 heterocycles. The highest BCUT2D eigenvalue weighted by atomic mass is 79.9. The van der Waals surface area contributed by atoms with E-state index < -0.39 is 0 Å². The normalized spacial score (nSPS) is 6.67. The van der Waals surface area contributed by atoms with Gasteiger partial charge < -0.3 is 12.6 Å². The first-order valence-corrected chi connectivity index (χ1v) is 4.09. The molecule has 0 spiro atoms. The Labute approximate surface area is 71.9 Å². The van der Waals surface area contributed by atoms with Crippen LogP contribution in [0.2, 0.25) is 0 Å². The summed E-state index contributed by atoms with van der Waals surface area (Å²) in [5, 5.41) is 10.5. The average Bonchev–Trinajstić information content (AvgIpc) is 2.20. The number of thiophene rings is 1. The van der Waals surface area contributed by atoms with Crippen LogP contribution < -0.4 is 0 Å². The van der Waals surface area contributed by atoms with E-state index in [4.69, 9.17) is 5.26 Å². The Bertz CT molecular complexity index is 177. The van der Waals surface area contributed by atoms with Crippen LogP contribution in [-0.4, -0.2) is 0 Å². The van der Waals surface area contributed by atoms with Crippen LogP contribution in [0.4, 0.5) is 0 Å². The highest BCUT2D eigenvalue weighted by Gasteiger charge is 1.77. The molecule has 0 aliphatic carbocycles. The first kappa shape index (κ1) is 8.89. The third-order valence-electron chi connectivity index (χ3n) is 0.486. The van der Waals surface area contributed by atoms with Gasteiger partial charge in [-0.15, -0.1) is 11.3 Å². The Morgan fingerprint density at radius 1 is 1.78 bits per heavy atom. The van der Waals surface area contributed by atoms with Crippen molar-refractivity contribution in [3.05, 3.63) is 21.3 Å². The molecule has 0 unspecified atom stereocenters. The van der Waals surface area contributed by atoms with Crippen molar-refractivity contribution in [3.8, 4) is 5.40 Å². The maximum Gasteiger partial charge on any atom is 0.0698 e. The van der Waals surface area contributed by atoms with Gasteiger partial charge in [0.05, 0.1) is 3.79 Å². The zero-order valence-electron chi connectivity index (χ0n) is 4.37. The van der Waals surface area contributed by atoms with Gasteiger partial charge >= 0.3 is 0 Å². The van der Waals surface area contributed by atoms with Crippen LogP contribution in [-0.2, 0) is 12.6 Å². The van der Waals surface area contributed by atoms with E-state index in [0.29, 0.717) is 0 Å². The molecule has 1 nitrogen and oxygen atoms in total. The lowest BCUT2D eigenvalue weighted by molar-refractivity contribution is 1.57. The van der Waals surface area contributed by atoms with Crippen LogP contribution >= 0.6 is 27.3 Å². The number of halogens is 1. The van der Waals surface area contributed by atoms with E-state index in [0.717, 1.165) is 0 Å². The van der Waals surface area contributed by atoms with Crippen molar-refractivity contribution in [2.45, 2.75) is 0 Å². The predicted molar refractivity (Wildman–Crippen MR) is 45.0 cm³/mol. The van der Waals surface area contributed by atoms with Crippen molar-refractivity contribution >= 4 is 39.9 Å². The molecule has 0 amide bonds. The molecule has 0 aliphatic rings. The molecule has 0 aromatic carbocycles. The molecule has 48 valence electrons. The molecule has 1 aromatic rings. The van der Waals surface area contributed by atoms with E-state index in [1.165, 1.54) is 9.19 Å². The molecule has 0 fully saturated rings. The summed E-state index contributed by atoms with van der Waals surface area (Å²) in [6.07, 6.45) is 0. The summed E-state index contributed by atoms with van der Waals surface area (Å²) in [5.74, 6) is 0. The Balaban J connectivity index is 0.000000187. The van der Waals surface area contributed by atoms with Gasteiger partial charge in [0.1, 0.15) is 0 Å².